The molecule has 76 valence electrons. The minimum absolute atomic E-state index is 0.0436. The van der Waals surface area contributed by atoms with Crippen molar-refractivity contribution in [2.75, 3.05) is 20.3 Å². The second-order valence-corrected chi connectivity index (χ2v) is 3.11. The quantitative estimate of drug-likeness (QED) is 0.480. The van der Waals surface area contributed by atoms with E-state index in [2.05, 4.69) is 17.9 Å². The fourth-order valence-electron chi connectivity index (χ4n) is 1.48. The molecule has 0 saturated heterocycles. The Morgan fingerprint density at radius 3 is 3.14 bits per heavy atom. The highest BCUT2D eigenvalue weighted by molar-refractivity contribution is 5.93. The summed E-state index contributed by atoms with van der Waals surface area (Å²) in [5, 5.41) is 0. The molecule has 1 atom stereocenters. The molecule has 0 spiro atoms. The lowest BCUT2D eigenvalue weighted by Crippen LogP contribution is -2.43. The Bertz CT molecular complexity index is 285. The van der Waals surface area contributed by atoms with Gasteiger partial charge in [-0.3, -0.25) is 4.79 Å². The second kappa shape index (κ2) is 5.46. The van der Waals surface area contributed by atoms with E-state index >= 15 is 0 Å². The lowest BCUT2D eigenvalue weighted by Gasteiger charge is -2.30. The van der Waals surface area contributed by atoms with Crippen molar-refractivity contribution in [3.63, 3.8) is 0 Å². The summed E-state index contributed by atoms with van der Waals surface area (Å²) >= 11 is 0. The summed E-state index contributed by atoms with van der Waals surface area (Å²) in [6, 6.07) is 0.0436. The number of nitrogens with zero attached hydrogens (tertiary/aromatic N) is 1. The first kappa shape index (κ1) is 10.8. The summed E-state index contributed by atoms with van der Waals surface area (Å²) in [6.45, 7) is 2.94. The van der Waals surface area contributed by atoms with Gasteiger partial charge in [0.15, 0.2) is 0 Å². The van der Waals surface area contributed by atoms with E-state index < -0.39 is 0 Å². The van der Waals surface area contributed by atoms with Crippen LogP contribution >= 0.6 is 0 Å². The molecule has 1 amide bonds. The smallest absolute Gasteiger partial charge is 0.299 e. The van der Waals surface area contributed by atoms with Crippen LogP contribution < -0.4 is 0 Å². The predicted octanol–water partition coefficient (Wildman–Crippen LogP) is 0.813. The first-order valence-corrected chi connectivity index (χ1v) is 4.68. The minimum atomic E-state index is -0.112. The molecule has 3 nitrogen and oxygen atoms in total. The van der Waals surface area contributed by atoms with E-state index in [1.807, 2.05) is 6.08 Å². The molecule has 1 aliphatic rings. The Morgan fingerprint density at radius 2 is 2.50 bits per heavy atom. The first-order valence-electron chi connectivity index (χ1n) is 4.68. The Balaban J connectivity index is 2.68. The summed E-state index contributed by atoms with van der Waals surface area (Å²) in [6.07, 6.45) is 4.98. The molecule has 0 bridgehead atoms. The number of methoxy groups -OCH3 is 1. The van der Waals surface area contributed by atoms with Gasteiger partial charge in [-0.1, -0.05) is 18.1 Å². The van der Waals surface area contributed by atoms with Crippen LogP contribution in [0.25, 0.3) is 0 Å². The number of rotatable bonds is 2. The van der Waals surface area contributed by atoms with Crippen LogP contribution in [0.4, 0.5) is 0 Å². The summed E-state index contributed by atoms with van der Waals surface area (Å²) < 4.78 is 5.05. The van der Waals surface area contributed by atoms with Crippen LogP contribution in [-0.4, -0.2) is 37.1 Å². The summed E-state index contributed by atoms with van der Waals surface area (Å²) in [4.78, 5) is 13.3. The van der Waals surface area contributed by atoms with Gasteiger partial charge in [-0.05, 0) is 19.3 Å². The van der Waals surface area contributed by atoms with Gasteiger partial charge >= 0.3 is 0 Å². The third-order valence-corrected chi connectivity index (χ3v) is 2.13. The molecule has 1 aliphatic heterocycles. The molecule has 0 aromatic rings. The van der Waals surface area contributed by atoms with Crippen molar-refractivity contribution < 1.29 is 9.53 Å². The molecule has 0 saturated carbocycles. The predicted molar refractivity (Wildman–Crippen MR) is 54.6 cm³/mol. The second-order valence-electron chi connectivity index (χ2n) is 3.11. The third-order valence-electron chi connectivity index (χ3n) is 2.13. The highest BCUT2D eigenvalue weighted by atomic mass is 16.5. The normalized spacial score (nSPS) is 20.1. The van der Waals surface area contributed by atoms with E-state index in [-0.39, 0.29) is 11.9 Å². The number of hydrogen-bond donors (Lipinski definition) is 0. The number of ether oxygens (including phenoxy) is 1. The van der Waals surface area contributed by atoms with E-state index in [0.29, 0.717) is 6.61 Å². The zero-order valence-corrected chi connectivity index (χ0v) is 8.62. The van der Waals surface area contributed by atoms with Crippen LogP contribution in [0.15, 0.2) is 12.2 Å². The van der Waals surface area contributed by atoms with Gasteiger partial charge in [0.05, 0.1) is 12.6 Å². The van der Waals surface area contributed by atoms with Gasteiger partial charge in [0.2, 0.25) is 0 Å². The fourth-order valence-corrected chi connectivity index (χ4v) is 1.48. The van der Waals surface area contributed by atoms with Gasteiger partial charge in [0.25, 0.3) is 5.91 Å². The highest BCUT2D eigenvalue weighted by Gasteiger charge is 2.21. The number of carbonyl (C=O) groups is 1. The van der Waals surface area contributed by atoms with Gasteiger partial charge in [0, 0.05) is 13.7 Å². The van der Waals surface area contributed by atoms with Gasteiger partial charge in [-0.25, -0.2) is 0 Å². The van der Waals surface area contributed by atoms with Crippen LogP contribution in [-0.2, 0) is 9.53 Å². The SMILES string of the molecule is CC#CC(=O)N1CCC=CC1COC. The van der Waals surface area contributed by atoms with Crippen LogP contribution in [0.1, 0.15) is 13.3 Å². The van der Waals surface area contributed by atoms with Crippen molar-refractivity contribution in [1.29, 1.82) is 0 Å². The van der Waals surface area contributed by atoms with Crippen molar-refractivity contribution >= 4 is 5.91 Å². The largest absolute Gasteiger partial charge is 0.382 e. The molecule has 0 aromatic carbocycles. The zero-order chi connectivity index (χ0) is 10.4. The average molecular weight is 193 g/mol. The van der Waals surface area contributed by atoms with Crippen LogP contribution in [0.5, 0.6) is 0 Å². The van der Waals surface area contributed by atoms with Crippen molar-refractivity contribution in [2.24, 2.45) is 0 Å². The van der Waals surface area contributed by atoms with Gasteiger partial charge in [-0.15, -0.1) is 0 Å². The molecule has 0 N–H and O–H groups in total. The lowest BCUT2D eigenvalue weighted by atomic mass is 10.1. The van der Waals surface area contributed by atoms with E-state index in [1.165, 1.54) is 0 Å². The van der Waals surface area contributed by atoms with Gasteiger partial charge in [0.1, 0.15) is 0 Å². The van der Waals surface area contributed by atoms with Crippen LogP contribution in [0.3, 0.4) is 0 Å². The van der Waals surface area contributed by atoms with Crippen molar-refractivity contribution in [2.45, 2.75) is 19.4 Å². The van der Waals surface area contributed by atoms with E-state index in [1.54, 1.807) is 18.9 Å². The first-order chi connectivity index (χ1) is 6.79. The molecule has 0 aromatic heterocycles. The topological polar surface area (TPSA) is 29.5 Å². The molecule has 14 heavy (non-hydrogen) atoms. The molecule has 0 aliphatic carbocycles. The maximum Gasteiger partial charge on any atom is 0.299 e. The molecular weight excluding hydrogens is 178 g/mol. The average Bonchev–Trinajstić information content (AvgIpc) is 2.19. The molecule has 1 unspecified atom stereocenters. The van der Waals surface area contributed by atoms with E-state index in [4.69, 9.17) is 4.74 Å². The molecule has 0 fully saturated rings. The number of carbonyl (C=O) groups excluding carboxylic acids is 1. The Hall–Kier alpha value is -1.27. The summed E-state index contributed by atoms with van der Waals surface area (Å²) in [5.41, 5.74) is 0. The fraction of sp³-hybridized carbons (Fsp3) is 0.545. The van der Waals surface area contributed by atoms with Crippen molar-refractivity contribution in [3.05, 3.63) is 12.2 Å². The van der Waals surface area contributed by atoms with Crippen LogP contribution in [0.2, 0.25) is 0 Å². The van der Waals surface area contributed by atoms with Crippen molar-refractivity contribution in [1.82, 2.24) is 4.90 Å². The number of hydrogen-bond acceptors (Lipinski definition) is 2. The monoisotopic (exact) mass is 193 g/mol. The van der Waals surface area contributed by atoms with E-state index in [9.17, 15) is 4.79 Å². The molecule has 3 heteroatoms. The molecule has 1 heterocycles. The summed E-state index contributed by atoms with van der Waals surface area (Å²) in [5.74, 6) is 5.06. The van der Waals surface area contributed by atoms with Gasteiger partial charge < -0.3 is 9.64 Å². The van der Waals surface area contributed by atoms with Crippen LogP contribution in [0, 0.1) is 11.8 Å². The molecular formula is C11H15NO2. The number of amides is 1. The zero-order valence-electron chi connectivity index (χ0n) is 8.62. The lowest BCUT2D eigenvalue weighted by molar-refractivity contribution is -0.127. The van der Waals surface area contributed by atoms with E-state index in [0.717, 1.165) is 13.0 Å². The molecule has 1 rings (SSSR count). The van der Waals surface area contributed by atoms with Gasteiger partial charge in [-0.2, -0.15) is 0 Å². The van der Waals surface area contributed by atoms with Crippen molar-refractivity contribution in [3.8, 4) is 11.8 Å². The third kappa shape index (κ3) is 2.61. The molecule has 0 radical (unpaired) electrons. The standard InChI is InChI=1S/C11H15NO2/c1-3-6-11(13)12-8-5-4-7-10(12)9-14-2/h4,7,10H,5,8-9H2,1-2H3. The summed E-state index contributed by atoms with van der Waals surface area (Å²) in [7, 11) is 1.64. The minimum Gasteiger partial charge on any atom is -0.382 e. The maximum atomic E-state index is 11.5. The maximum absolute atomic E-state index is 11.5. The Morgan fingerprint density at radius 1 is 1.71 bits per heavy atom. The highest BCUT2D eigenvalue weighted by Crippen LogP contribution is 2.10. The Kier molecular flexibility index (Phi) is 4.21. The Labute approximate surface area is 84.7 Å².